The van der Waals surface area contributed by atoms with Gasteiger partial charge in [0.1, 0.15) is 73.2 Å². The van der Waals surface area contributed by atoms with Crippen molar-refractivity contribution >= 4 is 5.91 Å². The summed E-state index contributed by atoms with van der Waals surface area (Å²) < 4.78 is 34.4. The minimum atomic E-state index is -2.00. The summed E-state index contributed by atoms with van der Waals surface area (Å²) in [5.74, 6) is -0.319. The third kappa shape index (κ3) is 47.3. The summed E-state index contributed by atoms with van der Waals surface area (Å²) in [6, 6.07) is -1.03. The zero-order valence-corrected chi connectivity index (χ0v) is 67.4. The molecule has 0 spiro atoms. The Balaban J connectivity index is 1.40. The largest absolute Gasteiger partial charge is 0.394 e. The first-order valence-electron chi connectivity index (χ1n) is 42.7. The van der Waals surface area contributed by atoms with Crippen molar-refractivity contribution in [3.8, 4) is 0 Å². The van der Waals surface area contributed by atoms with E-state index in [0.29, 0.717) is 12.8 Å². The number of hydrogen-bond donors (Lipinski definition) is 12. The Morgan fingerprint density at radius 2 is 0.636 bits per heavy atom. The Kier molecular flexibility index (Phi) is 62.3. The van der Waals surface area contributed by atoms with Crippen molar-refractivity contribution in [2.24, 2.45) is 0 Å². The second kappa shape index (κ2) is 68.8. The van der Waals surface area contributed by atoms with E-state index in [-0.39, 0.29) is 12.3 Å². The molecule has 3 heterocycles. The van der Waals surface area contributed by atoms with Crippen molar-refractivity contribution in [1.29, 1.82) is 0 Å². The number of carbonyl (C=O) groups is 1. The monoisotopic (exact) mass is 1550 g/mol. The Morgan fingerprint density at radius 3 is 1.02 bits per heavy atom. The Labute approximate surface area is 663 Å². The first kappa shape index (κ1) is 99.6. The molecule has 3 aliphatic rings. The number of unbranched alkanes of at least 4 members (excludes halogenated alkanes) is 26. The molecule has 17 unspecified atom stereocenters. The van der Waals surface area contributed by atoms with E-state index in [0.717, 1.165) is 116 Å². The molecule has 3 saturated heterocycles. The number of amides is 1. The van der Waals surface area contributed by atoms with Gasteiger partial charge < -0.3 is 89.9 Å². The average Bonchev–Trinajstić information content (AvgIpc) is 0.795. The van der Waals surface area contributed by atoms with Crippen LogP contribution >= 0.6 is 0 Å². The van der Waals surface area contributed by atoms with Gasteiger partial charge in [0.2, 0.25) is 5.91 Å². The second-order valence-corrected chi connectivity index (χ2v) is 29.5. The predicted octanol–water partition coefficient (Wildman–Crippen LogP) is 15.6. The normalized spacial score (nSPS) is 26.0. The Hall–Kier alpha value is -4.59. The smallest absolute Gasteiger partial charge is 0.220 e. The van der Waals surface area contributed by atoms with Gasteiger partial charge in [-0.1, -0.05) is 307 Å². The van der Waals surface area contributed by atoms with Crippen LogP contribution in [-0.4, -0.2) is 193 Å². The van der Waals surface area contributed by atoms with Crippen LogP contribution in [0.3, 0.4) is 0 Å². The van der Waals surface area contributed by atoms with Crippen molar-refractivity contribution in [3.63, 3.8) is 0 Å². The minimum Gasteiger partial charge on any atom is -0.394 e. The fourth-order valence-corrected chi connectivity index (χ4v) is 13.3. The lowest BCUT2D eigenvalue weighted by atomic mass is 9.96. The topological polar surface area (TPSA) is 307 Å². The van der Waals surface area contributed by atoms with Gasteiger partial charge >= 0.3 is 0 Å². The van der Waals surface area contributed by atoms with E-state index < -0.39 is 131 Å². The van der Waals surface area contributed by atoms with Crippen LogP contribution in [0.4, 0.5) is 0 Å². The third-order valence-electron chi connectivity index (χ3n) is 20.0. The molecule has 0 bridgehead atoms. The molecule has 19 nitrogen and oxygen atoms in total. The van der Waals surface area contributed by atoms with Gasteiger partial charge in [-0.2, -0.15) is 0 Å². The van der Waals surface area contributed by atoms with E-state index in [2.05, 4.69) is 165 Å². The van der Waals surface area contributed by atoms with E-state index in [1.54, 1.807) is 6.08 Å². The van der Waals surface area contributed by atoms with Crippen LogP contribution < -0.4 is 5.32 Å². The maximum atomic E-state index is 13.5. The molecule has 12 N–H and O–H groups in total. The average molecular weight is 1550 g/mol. The van der Waals surface area contributed by atoms with Crippen LogP contribution in [0.2, 0.25) is 0 Å². The van der Waals surface area contributed by atoms with Gasteiger partial charge in [0.05, 0.1) is 38.6 Å². The van der Waals surface area contributed by atoms with Crippen molar-refractivity contribution in [1.82, 2.24) is 5.32 Å². The molecule has 0 aliphatic carbocycles. The number of carbonyl (C=O) groups excluding carboxylic acids is 1. The van der Waals surface area contributed by atoms with Gasteiger partial charge in [0.25, 0.3) is 0 Å². The summed E-state index contributed by atoms with van der Waals surface area (Å²) >= 11 is 0. The molecule has 19 heteroatoms. The lowest BCUT2D eigenvalue weighted by Gasteiger charge is -2.48. The molecule has 0 aromatic carbocycles. The van der Waals surface area contributed by atoms with Gasteiger partial charge in [-0.05, 0) is 122 Å². The van der Waals surface area contributed by atoms with E-state index in [4.69, 9.17) is 28.4 Å². The zero-order chi connectivity index (χ0) is 79.5. The zero-order valence-electron chi connectivity index (χ0n) is 67.4. The SMILES string of the molecule is CC/C=C\C/C=C\C/C=C\C/C=C\C/C=C\C/C=C\C/C=C\C/C=C\C/C=C\C/C=C\CCCCCCC(=O)NC(COC1OC(CO)C(OC2OC(CO)C(OC3OC(CO)C(O)C(O)C3O)C(O)C2O)C(O)C1O)C(O)/C=C/CC/C=C/CC/C=C/CCCCCCCCCCCCCCCCCCCCCC. The van der Waals surface area contributed by atoms with Gasteiger partial charge in [0, 0.05) is 6.42 Å². The van der Waals surface area contributed by atoms with E-state index in [1.165, 1.54) is 128 Å². The van der Waals surface area contributed by atoms with Crippen LogP contribution in [0, 0.1) is 0 Å². The standard InChI is InChI=1S/C91H151NO18/c1-3-5-7-9-11-13-15-17-19-21-23-25-27-29-31-33-35-36-37-38-39-41-43-45-47-49-51-53-55-57-59-61-63-65-67-69-79(97)92-74(75(96)68-66-64-62-60-58-56-54-52-50-48-46-44-42-40-34-32-30-28-26-24-22-20-18-16-14-12-10-8-6-4-2)73-105-89-85(103)82(100)87(77(71-94)107-89)110-91-86(104)83(101)88(78(72-95)108-91)109-90-84(102)81(99)80(98)76(70-93)106-90/h5,7,11,13,17,19,23,25,29,31,35-36,38-39,43,45,49-52,55,57-58,60,66,68,74-78,80-91,93-96,98-104H,3-4,6,8-10,12,14-16,18,20-22,24,26-28,30,32-34,37,40-42,44,46-48,53-54,56,59,61-65,67,69-73H2,1-2H3,(H,92,97)/b7-5-,13-11-,19-17-,25-23-,31-29-,36-35-,39-38-,45-43-,51-49-,52-50+,57-55-,60-58+,68-66+. The third-order valence-corrected chi connectivity index (χ3v) is 20.0. The lowest BCUT2D eigenvalue weighted by Crippen LogP contribution is -2.66. The van der Waals surface area contributed by atoms with Crippen molar-refractivity contribution in [3.05, 3.63) is 158 Å². The lowest BCUT2D eigenvalue weighted by molar-refractivity contribution is -0.379. The molecule has 17 atom stereocenters. The summed E-state index contributed by atoms with van der Waals surface area (Å²) in [5.41, 5.74) is 0. The highest BCUT2D eigenvalue weighted by Crippen LogP contribution is 2.33. The maximum Gasteiger partial charge on any atom is 0.220 e. The van der Waals surface area contributed by atoms with Crippen LogP contribution in [0.15, 0.2) is 158 Å². The van der Waals surface area contributed by atoms with Crippen LogP contribution in [-0.2, 0) is 33.2 Å². The minimum absolute atomic E-state index is 0.191. The highest BCUT2D eigenvalue weighted by Gasteiger charge is 2.54. The highest BCUT2D eigenvalue weighted by atomic mass is 16.8. The molecule has 628 valence electrons. The molecule has 1 amide bonds. The summed E-state index contributed by atoms with van der Waals surface area (Å²) in [6.07, 6.45) is 75.2. The molecular formula is C91H151NO18. The van der Waals surface area contributed by atoms with Crippen molar-refractivity contribution in [2.75, 3.05) is 26.4 Å². The van der Waals surface area contributed by atoms with Gasteiger partial charge in [0.15, 0.2) is 18.9 Å². The van der Waals surface area contributed by atoms with Crippen LogP contribution in [0.5, 0.6) is 0 Å². The molecular weight excluding hydrogens is 1390 g/mol. The molecule has 3 rings (SSSR count). The predicted molar refractivity (Wildman–Crippen MR) is 442 cm³/mol. The highest BCUT2D eigenvalue weighted by molar-refractivity contribution is 5.76. The molecule has 0 aromatic rings. The maximum absolute atomic E-state index is 13.5. The molecule has 3 aliphatic heterocycles. The van der Waals surface area contributed by atoms with Crippen molar-refractivity contribution in [2.45, 2.75) is 381 Å². The summed E-state index contributed by atoms with van der Waals surface area (Å²) in [5, 5.41) is 121. The molecule has 3 fully saturated rings. The van der Waals surface area contributed by atoms with Gasteiger partial charge in [-0.15, -0.1) is 0 Å². The quantitative estimate of drug-likeness (QED) is 0.0199. The first-order chi connectivity index (χ1) is 53.8. The van der Waals surface area contributed by atoms with Crippen LogP contribution in [0.25, 0.3) is 0 Å². The summed E-state index contributed by atoms with van der Waals surface area (Å²) in [6.45, 7) is 1.58. The summed E-state index contributed by atoms with van der Waals surface area (Å²) in [4.78, 5) is 13.5. The second-order valence-electron chi connectivity index (χ2n) is 29.5. The molecule has 110 heavy (non-hydrogen) atoms. The van der Waals surface area contributed by atoms with Crippen molar-refractivity contribution < 1.29 is 89.4 Å². The Morgan fingerprint density at radius 1 is 0.336 bits per heavy atom. The van der Waals surface area contributed by atoms with E-state index in [1.807, 2.05) is 6.08 Å². The number of rotatable bonds is 66. The van der Waals surface area contributed by atoms with E-state index >= 15 is 0 Å². The number of aliphatic hydroxyl groups excluding tert-OH is 11. The number of hydrogen-bond acceptors (Lipinski definition) is 18. The van der Waals surface area contributed by atoms with E-state index in [9.17, 15) is 61.0 Å². The van der Waals surface area contributed by atoms with Gasteiger partial charge in [-0.25, -0.2) is 0 Å². The molecule has 0 aromatic heterocycles. The Bertz CT molecular complexity index is 2610. The fourth-order valence-electron chi connectivity index (χ4n) is 13.3. The van der Waals surface area contributed by atoms with Gasteiger partial charge in [-0.3, -0.25) is 4.79 Å². The fraction of sp³-hybridized carbons (Fsp3) is 0.703. The number of allylic oxidation sites excluding steroid dienone is 25. The molecule has 0 radical (unpaired) electrons. The van der Waals surface area contributed by atoms with Crippen LogP contribution in [0.1, 0.15) is 277 Å². The number of ether oxygens (including phenoxy) is 6. The first-order valence-corrected chi connectivity index (χ1v) is 42.7. The number of nitrogens with one attached hydrogen (secondary N) is 1. The molecule has 0 saturated carbocycles. The summed E-state index contributed by atoms with van der Waals surface area (Å²) in [7, 11) is 0. The number of aliphatic hydroxyl groups is 11.